The van der Waals surface area contributed by atoms with Gasteiger partial charge in [-0.25, -0.2) is 15.0 Å². The summed E-state index contributed by atoms with van der Waals surface area (Å²) in [5, 5.41) is 9.09. The summed E-state index contributed by atoms with van der Waals surface area (Å²) in [5.74, 6) is 0.882. The van der Waals surface area contributed by atoms with Crippen LogP contribution in [0.1, 0.15) is 18.3 Å². The van der Waals surface area contributed by atoms with Crippen molar-refractivity contribution in [2.24, 2.45) is 0 Å². The molecule has 0 N–H and O–H groups in total. The van der Waals surface area contributed by atoms with Gasteiger partial charge in [0.2, 0.25) is 5.95 Å². The van der Waals surface area contributed by atoms with E-state index in [1.807, 2.05) is 23.8 Å². The second kappa shape index (κ2) is 6.41. The molecule has 0 spiro atoms. The van der Waals surface area contributed by atoms with Crippen LogP contribution in [0.4, 0.5) is 4.39 Å². The number of aromatic nitrogens is 5. The van der Waals surface area contributed by atoms with Gasteiger partial charge < -0.3 is 9.13 Å². The number of hydrogen-bond acceptors (Lipinski definition) is 4. The van der Waals surface area contributed by atoms with Gasteiger partial charge in [0.25, 0.3) is 0 Å². The maximum absolute atomic E-state index is 13.5. The SMILES string of the molecule is CCn1c(Cn2ccnc2-c2cccc(F)n2)nc2cc(C#N)ccc21. The molecule has 128 valence electrons. The molecule has 3 heterocycles. The molecule has 0 bridgehead atoms. The molecule has 0 unspecified atom stereocenters. The smallest absolute Gasteiger partial charge is 0.213 e. The van der Waals surface area contributed by atoms with Crippen LogP contribution in [0, 0.1) is 17.3 Å². The minimum absolute atomic E-state index is 0.470. The fourth-order valence-electron chi connectivity index (χ4n) is 3.08. The van der Waals surface area contributed by atoms with Crippen molar-refractivity contribution in [3.8, 4) is 17.6 Å². The summed E-state index contributed by atoms with van der Waals surface area (Å²) in [6.07, 6.45) is 3.48. The first-order chi connectivity index (χ1) is 12.7. The number of aryl methyl sites for hydroxylation is 1. The Morgan fingerprint density at radius 3 is 2.85 bits per heavy atom. The second-order valence-electron chi connectivity index (χ2n) is 5.81. The second-order valence-corrected chi connectivity index (χ2v) is 5.81. The monoisotopic (exact) mass is 346 g/mol. The Hall–Kier alpha value is -3.53. The van der Waals surface area contributed by atoms with Crippen molar-refractivity contribution in [1.29, 1.82) is 5.26 Å². The maximum atomic E-state index is 13.5. The van der Waals surface area contributed by atoms with Crippen LogP contribution in [0.5, 0.6) is 0 Å². The van der Waals surface area contributed by atoms with Crippen LogP contribution < -0.4 is 0 Å². The highest BCUT2D eigenvalue weighted by Gasteiger charge is 2.14. The number of nitriles is 1. The third-order valence-corrected chi connectivity index (χ3v) is 4.24. The van der Waals surface area contributed by atoms with E-state index in [2.05, 4.69) is 25.6 Å². The zero-order chi connectivity index (χ0) is 18.1. The van der Waals surface area contributed by atoms with Crippen LogP contribution in [-0.4, -0.2) is 24.1 Å². The van der Waals surface area contributed by atoms with Crippen LogP contribution in [0.2, 0.25) is 0 Å². The average Bonchev–Trinajstić information content (AvgIpc) is 3.25. The molecule has 0 amide bonds. The molecule has 1 aromatic carbocycles. The number of hydrogen-bond donors (Lipinski definition) is 0. The van der Waals surface area contributed by atoms with Crippen LogP contribution in [0.25, 0.3) is 22.6 Å². The molecule has 4 rings (SSSR count). The summed E-state index contributed by atoms with van der Waals surface area (Å²) in [4.78, 5) is 12.9. The topological polar surface area (TPSA) is 72.3 Å². The van der Waals surface area contributed by atoms with Crippen molar-refractivity contribution < 1.29 is 4.39 Å². The number of imidazole rings is 2. The summed E-state index contributed by atoms with van der Waals surface area (Å²) in [7, 11) is 0. The molecule has 0 saturated carbocycles. The number of rotatable bonds is 4. The minimum Gasteiger partial charge on any atom is -0.327 e. The summed E-state index contributed by atoms with van der Waals surface area (Å²) >= 11 is 0. The Morgan fingerprint density at radius 1 is 1.19 bits per heavy atom. The first-order valence-electron chi connectivity index (χ1n) is 8.23. The van der Waals surface area contributed by atoms with Crippen molar-refractivity contribution in [3.63, 3.8) is 0 Å². The molecule has 0 aliphatic rings. The predicted octanol–water partition coefficient (Wildman–Crippen LogP) is 3.37. The summed E-state index contributed by atoms with van der Waals surface area (Å²) < 4.78 is 17.4. The van der Waals surface area contributed by atoms with Gasteiger partial charge >= 0.3 is 0 Å². The van der Waals surface area contributed by atoms with Gasteiger partial charge in [-0.3, -0.25) is 0 Å². The van der Waals surface area contributed by atoms with E-state index < -0.39 is 5.95 Å². The van der Waals surface area contributed by atoms with E-state index in [0.29, 0.717) is 23.6 Å². The number of benzene rings is 1. The highest BCUT2D eigenvalue weighted by Crippen LogP contribution is 2.21. The molecule has 0 aliphatic carbocycles. The first-order valence-corrected chi connectivity index (χ1v) is 8.23. The number of fused-ring (bicyclic) bond motifs is 1. The van der Waals surface area contributed by atoms with Gasteiger partial charge in [-0.05, 0) is 37.3 Å². The van der Waals surface area contributed by atoms with E-state index >= 15 is 0 Å². The number of halogens is 1. The van der Waals surface area contributed by atoms with E-state index in [1.165, 1.54) is 6.07 Å². The molecule has 4 aromatic rings. The van der Waals surface area contributed by atoms with Crippen LogP contribution in [-0.2, 0) is 13.1 Å². The summed E-state index contributed by atoms with van der Waals surface area (Å²) in [6, 6.07) is 12.3. The third kappa shape index (κ3) is 2.71. The zero-order valence-electron chi connectivity index (χ0n) is 14.1. The Kier molecular flexibility index (Phi) is 3.93. The molecule has 0 radical (unpaired) electrons. The molecule has 0 saturated heterocycles. The maximum Gasteiger partial charge on any atom is 0.213 e. The van der Waals surface area contributed by atoms with Gasteiger partial charge in [0, 0.05) is 18.9 Å². The number of nitrogens with zero attached hydrogens (tertiary/aromatic N) is 6. The molecule has 7 heteroatoms. The summed E-state index contributed by atoms with van der Waals surface area (Å²) in [5.41, 5.74) is 2.82. The molecule has 0 fully saturated rings. The van der Waals surface area contributed by atoms with Crippen molar-refractivity contribution in [2.45, 2.75) is 20.0 Å². The van der Waals surface area contributed by atoms with Crippen LogP contribution >= 0.6 is 0 Å². The molecule has 0 aliphatic heterocycles. The third-order valence-electron chi connectivity index (χ3n) is 4.24. The van der Waals surface area contributed by atoms with Crippen molar-refractivity contribution in [2.75, 3.05) is 0 Å². The van der Waals surface area contributed by atoms with Gasteiger partial charge in [0.15, 0.2) is 5.82 Å². The quantitative estimate of drug-likeness (QED) is 0.531. The molecule has 3 aromatic heterocycles. The van der Waals surface area contributed by atoms with Gasteiger partial charge in [-0.1, -0.05) is 6.07 Å². The van der Waals surface area contributed by atoms with Crippen LogP contribution in [0.15, 0.2) is 48.8 Å². The highest BCUT2D eigenvalue weighted by atomic mass is 19.1. The lowest BCUT2D eigenvalue weighted by atomic mass is 10.2. The lowest BCUT2D eigenvalue weighted by Gasteiger charge is -2.09. The predicted molar refractivity (Wildman–Crippen MR) is 94.6 cm³/mol. The van der Waals surface area contributed by atoms with Crippen LogP contribution in [0.3, 0.4) is 0 Å². The van der Waals surface area contributed by atoms with Crippen molar-refractivity contribution >= 4 is 11.0 Å². The van der Waals surface area contributed by atoms with Gasteiger partial charge in [-0.2, -0.15) is 9.65 Å². The Balaban J connectivity index is 1.77. The summed E-state index contributed by atoms with van der Waals surface area (Å²) in [6.45, 7) is 3.27. The van der Waals surface area contributed by atoms with Crippen molar-refractivity contribution in [3.05, 3.63) is 66.1 Å². The lowest BCUT2D eigenvalue weighted by molar-refractivity contribution is 0.584. The standard InChI is InChI=1S/C19H15FN6/c1-2-26-16-7-6-13(11-21)10-15(16)24-18(26)12-25-9-8-22-19(25)14-4-3-5-17(20)23-14/h3-10H,2,12H2,1H3. The Bertz CT molecular complexity index is 1130. The van der Waals surface area contributed by atoms with E-state index in [1.54, 1.807) is 30.5 Å². The van der Waals surface area contributed by atoms with E-state index in [4.69, 9.17) is 5.26 Å². The lowest BCUT2D eigenvalue weighted by Crippen LogP contribution is -2.09. The fraction of sp³-hybridized carbons (Fsp3) is 0.158. The minimum atomic E-state index is -0.540. The molecular formula is C19H15FN6. The zero-order valence-corrected chi connectivity index (χ0v) is 14.1. The molecular weight excluding hydrogens is 331 g/mol. The van der Waals surface area contributed by atoms with Gasteiger partial charge in [0.1, 0.15) is 11.5 Å². The van der Waals surface area contributed by atoms with E-state index in [9.17, 15) is 4.39 Å². The van der Waals surface area contributed by atoms with Gasteiger partial charge in [-0.15, -0.1) is 0 Å². The molecule has 0 atom stereocenters. The Morgan fingerprint density at radius 2 is 2.08 bits per heavy atom. The number of pyridine rings is 1. The fourth-order valence-corrected chi connectivity index (χ4v) is 3.08. The molecule has 6 nitrogen and oxygen atoms in total. The highest BCUT2D eigenvalue weighted by molar-refractivity contribution is 5.77. The molecule has 26 heavy (non-hydrogen) atoms. The van der Waals surface area contributed by atoms with Crippen molar-refractivity contribution in [1.82, 2.24) is 24.1 Å². The van der Waals surface area contributed by atoms with Gasteiger partial charge in [0.05, 0.1) is 29.2 Å². The normalized spacial score (nSPS) is 11.0. The largest absolute Gasteiger partial charge is 0.327 e. The Labute approximate surface area is 149 Å². The average molecular weight is 346 g/mol. The first kappa shape index (κ1) is 16.0. The van der Waals surface area contributed by atoms with E-state index in [0.717, 1.165) is 23.4 Å². The van der Waals surface area contributed by atoms with E-state index in [-0.39, 0.29) is 0 Å².